The van der Waals surface area contributed by atoms with E-state index in [4.69, 9.17) is 0 Å². The second-order valence-electron chi connectivity index (χ2n) is 6.13. The van der Waals surface area contributed by atoms with E-state index in [-0.39, 0.29) is 5.92 Å². The number of hydrogen-bond acceptors (Lipinski definition) is 2. The molecule has 1 atom stereocenters. The minimum Gasteiger partial charge on any atom is -0.550 e. The van der Waals surface area contributed by atoms with E-state index in [1.54, 1.807) is 0 Å². The molecule has 1 aromatic carbocycles. The Balaban J connectivity index is 0.000000239. The largest absolute Gasteiger partial charge is 0.550 e. The Morgan fingerprint density at radius 1 is 1.05 bits per heavy atom. The van der Waals surface area contributed by atoms with Crippen molar-refractivity contribution in [3.63, 3.8) is 0 Å². The second kappa shape index (κ2) is 8.94. The van der Waals surface area contributed by atoms with E-state index in [0.717, 1.165) is 12.8 Å². The van der Waals surface area contributed by atoms with E-state index in [2.05, 4.69) is 33.8 Å². The summed E-state index contributed by atoms with van der Waals surface area (Å²) in [5, 5.41) is 10.7. The van der Waals surface area contributed by atoms with Crippen molar-refractivity contribution >= 4 is 5.97 Å². The van der Waals surface area contributed by atoms with Crippen LogP contribution >= 0.6 is 0 Å². The highest BCUT2D eigenvalue weighted by molar-refractivity contribution is 5.68. The summed E-state index contributed by atoms with van der Waals surface area (Å²) < 4.78 is 1.28. The summed E-state index contributed by atoms with van der Waals surface area (Å²) in [5.41, 5.74) is 2.46. The minimum absolute atomic E-state index is 0.283. The zero-order valence-corrected chi connectivity index (χ0v) is 14.6. The third-order valence-corrected chi connectivity index (χ3v) is 5.36. The van der Waals surface area contributed by atoms with Crippen LogP contribution in [0.4, 0.5) is 0 Å². The molecule has 1 unspecified atom stereocenters. The van der Waals surface area contributed by atoms with E-state index in [0.29, 0.717) is 6.42 Å². The molecule has 3 heteroatoms. The van der Waals surface area contributed by atoms with Crippen LogP contribution in [0.5, 0.6) is 0 Å². The van der Waals surface area contributed by atoms with Crippen LogP contribution in [0.3, 0.4) is 0 Å². The number of aryl methyl sites for hydroxylation is 1. The van der Waals surface area contributed by atoms with Gasteiger partial charge >= 0.3 is 0 Å². The summed E-state index contributed by atoms with van der Waals surface area (Å²) in [6.07, 6.45) is 2.23. The van der Waals surface area contributed by atoms with Gasteiger partial charge in [-0.25, -0.2) is 0 Å². The Kier molecular flexibility index (Phi) is 7.60. The van der Waals surface area contributed by atoms with E-state index in [1.807, 2.05) is 18.2 Å². The lowest BCUT2D eigenvalue weighted by Crippen LogP contribution is -2.47. The third kappa shape index (κ3) is 4.84. The van der Waals surface area contributed by atoms with E-state index >= 15 is 0 Å². The van der Waals surface area contributed by atoms with Gasteiger partial charge in [0.1, 0.15) is 0 Å². The molecule has 1 aromatic rings. The molecule has 2 rings (SSSR count). The van der Waals surface area contributed by atoms with Crippen LogP contribution < -0.4 is 5.11 Å². The fraction of sp³-hybridized carbons (Fsp3) is 0.632. The molecule has 1 aliphatic carbocycles. The first-order valence-corrected chi connectivity index (χ1v) is 8.64. The Morgan fingerprint density at radius 3 is 1.95 bits per heavy atom. The quantitative estimate of drug-likeness (QED) is 0.784. The fourth-order valence-corrected chi connectivity index (χ4v) is 3.24. The first kappa shape index (κ1) is 18.7. The van der Waals surface area contributed by atoms with Gasteiger partial charge in [0.25, 0.3) is 0 Å². The molecule has 0 aliphatic heterocycles. The summed E-state index contributed by atoms with van der Waals surface area (Å²) in [5.74, 6) is -1.19. The minimum atomic E-state index is -0.908. The van der Waals surface area contributed by atoms with Crippen molar-refractivity contribution in [2.24, 2.45) is 5.92 Å². The van der Waals surface area contributed by atoms with Crippen LogP contribution in [0.2, 0.25) is 0 Å². The lowest BCUT2D eigenvalue weighted by Gasteiger charge is -2.34. The lowest BCUT2D eigenvalue weighted by molar-refractivity contribution is -0.921. The van der Waals surface area contributed by atoms with Crippen molar-refractivity contribution in [1.82, 2.24) is 0 Å². The molecule has 0 aromatic heterocycles. The van der Waals surface area contributed by atoms with Gasteiger partial charge in [-0.3, -0.25) is 0 Å². The van der Waals surface area contributed by atoms with E-state index < -0.39 is 5.97 Å². The van der Waals surface area contributed by atoms with Crippen molar-refractivity contribution in [3.8, 4) is 0 Å². The predicted molar refractivity (Wildman–Crippen MR) is 89.4 cm³/mol. The number of carboxylic acids is 1. The molecule has 0 N–H and O–H groups in total. The van der Waals surface area contributed by atoms with Crippen molar-refractivity contribution < 1.29 is 14.4 Å². The summed E-state index contributed by atoms with van der Waals surface area (Å²) in [6.45, 7) is 14.2. The summed E-state index contributed by atoms with van der Waals surface area (Å²) in [6, 6.07) is 8.03. The van der Waals surface area contributed by atoms with Crippen LogP contribution in [0.1, 0.15) is 45.2 Å². The maximum Gasteiger partial charge on any atom is 0.0757 e. The molecular formula is C19H31NO2. The van der Waals surface area contributed by atoms with E-state index in [1.165, 1.54) is 41.8 Å². The first-order chi connectivity index (χ1) is 10.5. The Hall–Kier alpha value is -1.35. The van der Waals surface area contributed by atoms with Gasteiger partial charge in [-0.2, -0.15) is 0 Å². The molecule has 0 spiro atoms. The van der Waals surface area contributed by atoms with Gasteiger partial charge in [0.05, 0.1) is 26.2 Å². The van der Waals surface area contributed by atoms with Crippen molar-refractivity contribution in [2.45, 2.75) is 47.0 Å². The SMILES string of the molecule is CC[N+](CC)(CC)CC.O=C([O-])C1CCc2ccccc2C1. The average Bonchev–Trinajstić information content (AvgIpc) is 2.57. The van der Waals surface area contributed by atoms with Crippen molar-refractivity contribution in [2.75, 3.05) is 26.2 Å². The maximum absolute atomic E-state index is 10.7. The number of benzene rings is 1. The molecule has 3 nitrogen and oxygen atoms in total. The van der Waals surface area contributed by atoms with Crippen LogP contribution in [0, 0.1) is 5.92 Å². The molecule has 0 fully saturated rings. The van der Waals surface area contributed by atoms with Gasteiger partial charge in [-0.05, 0) is 58.1 Å². The Labute approximate surface area is 135 Å². The number of fused-ring (bicyclic) bond motifs is 1. The summed E-state index contributed by atoms with van der Waals surface area (Å²) in [7, 11) is 0. The number of hydrogen-bond donors (Lipinski definition) is 0. The smallest absolute Gasteiger partial charge is 0.0757 e. The number of quaternary nitrogens is 1. The molecule has 124 valence electrons. The predicted octanol–water partition coefficient (Wildman–Crippen LogP) is 2.42. The highest BCUT2D eigenvalue weighted by Gasteiger charge is 2.18. The number of carbonyl (C=O) groups excluding carboxylic acids is 1. The number of aliphatic carboxylic acids is 1. The molecule has 0 saturated carbocycles. The van der Waals surface area contributed by atoms with Crippen LogP contribution in [0.15, 0.2) is 24.3 Å². The Morgan fingerprint density at radius 2 is 1.55 bits per heavy atom. The molecule has 0 saturated heterocycles. The third-order valence-electron chi connectivity index (χ3n) is 5.36. The first-order valence-electron chi connectivity index (χ1n) is 8.64. The van der Waals surface area contributed by atoms with Gasteiger partial charge in [0, 0.05) is 11.9 Å². The average molecular weight is 305 g/mol. The van der Waals surface area contributed by atoms with Gasteiger partial charge in [-0.1, -0.05) is 24.3 Å². The lowest BCUT2D eigenvalue weighted by atomic mass is 9.84. The highest BCUT2D eigenvalue weighted by Crippen LogP contribution is 2.24. The normalized spacial score (nSPS) is 17.2. The molecular weight excluding hydrogens is 274 g/mol. The molecule has 22 heavy (non-hydrogen) atoms. The van der Waals surface area contributed by atoms with Gasteiger partial charge in [0.2, 0.25) is 0 Å². The number of carboxylic acid groups (broad SMARTS) is 1. The van der Waals surface area contributed by atoms with Crippen molar-refractivity contribution in [3.05, 3.63) is 35.4 Å². The molecule has 0 bridgehead atoms. The zero-order valence-electron chi connectivity index (χ0n) is 14.6. The molecule has 0 heterocycles. The highest BCUT2D eigenvalue weighted by atomic mass is 16.4. The fourth-order valence-electron chi connectivity index (χ4n) is 3.24. The Bertz CT molecular complexity index is 449. The second-order valence-corrected chi connectivity index (χ2v) is 6.13. The summed E-state index contributed by atoms with van der Waals surface area (Å²) >= 11 is 0. The van der Waals surface area contributed by atoms with Gasteiger partial charge in [-0.15, -0.1) is 0 Å². The molecule has 0 radical (unpaired) electrons. The molecule has 1 aliphatic rings. The topological polar surface area (TPSA) is 40.1 Å². The zero-order chi connectivity index (χ0) is 16.6. The van der Waals surface area contributed by atoms with Crippen molar-refractivity contribution in [1.29, 1.82) is 0 Å². The summed E-state index contributed by atoms with van der Waals surface area (Å²) in [4.78, 5) is 10.7. The van der Waals surface area contributed by atoms with Crippen LogP contribution in [0.25, 0.3) is 0 Å². The number of rotatable bonds is 5. The maximum atomic E-state index is 10.7. The van der Waals surface area contributed by atoms with Gasteiger partial charge < -0.3 is 14.4 Å². The van der Waals surface area contributed by atoms with Crippen LogP contribution in [-0.2, 0) is 17.6 Å². The monoisotopic (exact) mass is 305 g/mol. The van der Waals surface area contributed by atoms with Crippen LogP contribution in [-0.4, -0.2) is 36.6 Å². The van der Waals surface area contributed by atoms with Gasteiger partial charge in [0.15, 0.2) is 0 Å². The standard InChI is InChI=1S/C11H12O2.C8H20N/c12-11(13)10-6-5-8-3-1-2-4-9(8)7-10;1-5-9(6-2,7-3)8-4/h1-4,10H,5-7H2,(H,12,13);5-8H2,1-4H3/q;+1/p-1. The molecule has 0 amide bonds. The number of carbonyl (C=O) groups is 1. The number of nitrogens with zero attached hydrogens (tertiary/aromatic N) is 1. The van der Waals surface area contributed by atoms with E-state index in [9.17, 15) is 9.90 Å².